The molecule has 1 N–H and O–H groups in total. The molecule has 1 saturated heterocycles. The highest BCUT2D eigenvalue weighted by Gasteiger charge is 2.43. The van der Waals surface area contributed by atoms with Crippen LogP contribution in [0.5, 0.6) is 0 Å². The number of nitrogens with zero attached hydrogens (tertiary/aromatic N) is 1. The number of morpholine rings is 1. The maximum Gasteiger partial charge on any atom is 0.290 e. The lowest BCUT2D eigenvalue weighted by Gasteiger charge is -2.37. The summed E-state index contributed by atoms with van der Waals surface area (Å²) in [6.45, 7) is 5.23. The number of carbonyl (C=O) groups excluding carboxylic acids is 1. The summed E-state index contributed by atoms with van der Waals surface area (Å²) in [5.74, 6) is 0.592. The SMILES string of the molecule is Cc1ccc2c(C)c(C(=O)N3CCOC4C[C@H](CO)C[C@@H]43)oc2c1. The van der Waals surface area contributed by atoms with Gasteiger partial charge in [0.1, 0.15) is 5.58 Å². The van der Waals surface area contributed by atoms with Crippen molar-refractivity contribution in [3.05, 3.63) is 35.1 Å². The molecule has 3 atom stereocenters. The molecular weight excluding hydrogens is 306 g/mol. The zero-order valence-corrected chi connectivity index (χ0v) is 14.1. The predicted molar refractivity (Wildman–Crippen MR) is 90.1 cm³/mol. The van der Waals surface area contributed by atoms with Crippen molar-refractivity contribution in [3.8, 4) is 0 Å². The summed E-state index contributed by atoms with van der Waals surface area (Å²) in [4.78, 5) is 15.0. The van der Waals surface area contributed by atoms with E-state index in [9.17, 15) is 9.90 Å². The Morgan fingerprint density at radius 3 is 2.96 bits per heavy atom. The first kappa shape index (κ1) is 15.7. The minimum Gasteiger partial charge on any atom is -0.451 e. The van der Waals surface area contributed by atoms with E-state index in [1.165, 1.54) is 0 Å². The van der Waals surface area contributed by atoms with Crippen LogP contribution < -0.4 is 0 Å². The number of carbonyl (C=O) groups is 1. The number of hydrogen-bond acceptors (Lipinski definition) is 4. The molecule has 0 bridgehead atoms. The van der Waals surface area contributed by atoms with Gasteiger partial charge in [0.15, 0.2) is 5.76 Å². The van der Waals surface area contributed by atoms with E-state index in [0.29, 0.717) is 18.9 Å². The van der Waals surface area contributed by atoms with Gasteiger partial charge in [-0.15, -0.1) is 0 Å². The molecule has 2 heterocycles. The second-order valence-corrected chi connectivity index (χ2v) is 7.05. The van der Waals surface area contributed by atoms with Gasteiger partial charge in [-0.1, -0.05) is 12.1 Å². The third-order valence-corrected chi connectivity index (χ3v) is 5.44. The molecule has 128 valence electrons. The van der Waals surface area contributed by atoms with E-state index in [-0.39, 0.29) is 30.6 Å². The molecule has 2 aliphatic rings. The van der Waals surface area contributed by atoms with Crippen LogP contribution in [0.15, 0.2) is 22.6 Å². The lowest BCUT2D eigenvalue weighted by Crippen LogP contribution is -2.51. The average Bonchev–Trinajstić information content (AvgIpc) is 3.14. The second-order valence-electron chi connectivity index (χ2n) is 7.05. The third-order valence-electron chi connectivity index (χ3n) is 5.44. The van der Waals surface area contributed by atoms with Crippen LogP contribution >= 0.6 is 0 Å². The molecular formula is C19H23NO4. The molecule has 1 saturated carbocycles. The molecule has 1 aliphatic heterocycles. The fourth-order valence-corrected chi connectivity index (χ4v) is 4.12. The monoisotopic (exact) mass is 329 g/mol. The molecule has 1 unspecified atom stereocenters. The van der Waals surface area contributed by atoms with Crippen LogP contribution in [0.25, 0.3) is 11.0 Å². The first-order valence-electron chi connectivity index (χ1n) is 8.61. The molecule has 1 aromatic heterocycles. The van der Waals surface area contributed by atoms with Crippen LogP contribution in [0, 0.1) is 19.8 Å². The fraction of sp³-hybridized carbons (Fsp3) is 0.526. The third kappa shape index (κ3) is 2.43. The number of hydrogen-bond donors (Lipinski definition) is 1. The van der Waals surface area contributed by atoms with Gasteiger partial charge < -0.3 is 19.2 Å². The van der Waals surface area contributed by atoms with Crippen molar-refractivity contribution in [1.29, 1.82) is 0 Å². The van der Waals surface area contributed by atoms with Crippen molar-refractivity contribution in [2.24, 2.45) is 5.92 Å². The molecule has 24 heavy (non-hydrogen) atoms. The first-order valence-corrected chi connectivity index (χ1v) is 8.61. The lowest BCUT2D eigenvalue weighted by molar-refractivity contribution is -0.0457. The molecule has 1 aliphatic carbocycles. The van der Waals surface area contributed by atoms with Crippen LogP contribution in [-0.2, 0) is 4.74 Å². The highest BCUT2D eigenvalue weighted by molar-refractivity contribution is 5.99. The summed E-state index contributed by atoms with van der Waals surface area (Å²) >= 11 is 0. The number of aryl methyl sites for hydroxylation is 2. The summed E-state index contributed by atoms with van der Waals surface area (Å²) in [5.41, 5.74) is 2.78. The Kier molecular flexibility index (Phi) is 3.85. The van der Waals surface area contributed by atoms with Gasteiger partial charge in [-0.3, -0.25) is 4.79 Å². The Hall–Kier alpha value is -1.85. The summed E-state index contributed by atoms with van der Waals surface area (Å²) in [7, 11) is 0. The van der Waals surface area contributed by atoms with Gasteiger partial charge in [0.05, 0.1) is 18.8 Å². The smallest absolute Gasteiger partial charge is 0.290 e. The van der Waals surface area contributed by atoms with Crippen molar-refractivity contribution in [1.82, 2.24) is 4.90 Å². The maximum atomic E-state index is 13.1. The number of ether oxygens (including phenoxy) is 1. The number of rotatable bonds is 2. The van der Waals surface area contributed by atoms with Gasteiger partial charge >= 0.3 is 0 Å². The first-order chi connectivity index (χ1) is 11.6. The number of aliphatic hydroxyl groups is 1. The van der Waals surface area contributed by atoms with Crippen LogP contribution in [0.3, 0.4) is 0 Å². The average molecular weight is 329 g/mol. The summed E-state index contributed by atoms with van der Waals surface area (Å²) in [5, 5.41) is 10.4. The van der Waals surface area contributed by atoms with E-state index in [4.69, 9.17) is 9.15 Å². The topological polar surface area (TPSA) is 62.9 Å². The zero-order valence-electron chi connectivity index (χ0n) is 14.1. The van der Waals surface area contributed by atoms with Crippen LogP contribution in [-0.4, -0.2) is 47.8 Å². The standard InChI is InChI=1S/C19H23NO4/c1-11-3-4-14-12(2)18(24-16(14)7-11)19(22)20-5-6-23-17-9-13(10-21)8-15(17)20/h3-4,7,13,15,17,21H,5-6,8-10H2,1-2H3/t13-,15+,17?/m1/s1. The quantitative estimate of drug-likeness (QED) is 0.920. The van der Waals surface area contributed by atoms with Gasteiger partial charge in [0.25, 0.3) is 5.91 Å². The number of amides is 1. The largest absolute Gasteiger partial charge is 0.451 e. The fourth-order valence-electron chi connectivity index (χ4n) is 4.12. The molecule has 0 radical (unpaired) electrons. The highest BCUT2D eigenvalue weighted by atomic mass is 16.5. The minimum atomic E-state index is -0.0572. The number of benzene rings is 1. The van der Waals surface area contributed by atoms with E-state index < -0.39 is 0 Å². The highest BCUT2D eigenvalue weighted by Crippen LogP contribution is 2.36. The van der Waals surface area contributed by atoms with Crippen LogP contribution in [0.1, 0.15) is 34.5 Å². The number of aliphatic hydroxyl groups excluding tert-OH is 1. The normalized spacial score (nSPS) is 26.8. The van der Waals surface area contributed by atoms with Crippen molar-refractivity contribution in [2.75, 3.05) is 19.8 Å². The van der Waals surface area contributed by atoms with E-state index in [1.54, 1.807) is 0 Å². The maximum absolute atomic E-state index is 13.1. The second kappa shape index (κ2) is 5.90. The Morgan fingerprint density at radius 2 is 2.17 bits per heavy atom. The summed E-state index contributed by atoms with van der Waals surface area (Å²) in [6.07, 6.45) is 1.65. The van der Waals surface area contributed by atoms with Crippen molar-refractivity contribution < 1.29 is 19.1 Å². The molecule has 5 heteroatoms. The van der Waals surface area contributed by atoms with Crippen molar-refractivity contribution >= 4 is 16.9 Å². The van der Waals surface area contributed by atoms with Crippen LogP contribution in [0.2, 0.25) is 0 Å². The number of furan rings is 1. The molecule has 1 aromatic carbocycles. The molecule has 4 rings (SSSR count). The van der Waals surface area contributed by atoms with E-state index in [2.05, 4.69) is 0 Å². The Morgan fingerprint density at radius 1 is 1.33 bits per heavy atom. The molecule has 2 aromatic rings. The molecule has 0 spiro atoms. The van der Waals surface area contributed by atoms with Crippen molar-refractivity contribution in [2.45, 2.75) is 38.8 Å². The van der Waals surface area contributed by atoms with E-state index in [1.807, 2.05) is 36.9 Å². The Balaban J connectivity index is 1.67. The van der Waals surface area contributed by atoms with Gasteiger partial charge in [0.2, 0.25) is 0 Å². The van der Waals surface area contributed by atoms with Gasteiger partial charge in [-0.25, -0.2) is 0 Å². The number of fused-ring (bicyclic) bond motifs is 2. The van der Waals surface area contributed by atoms with E-state index >= 15 is 0 Å². The molecule has 2 fully saturated rings. The Bertz CT molecular complexity index is 781. The molecule has 5 nitrogen and oxygen atoms in total. The van der Waals surface area contributed by atoms with Gasteiger partial charge in [-0.05, 0) is 44.2 Å². The Labute approximate surface area is 141 Å². The van der Waals surface area contributed by atoms with E-state index in [0.717, 1.165) is 34.9 Å². The van der Waals surface area contributed by atoms with Crippen LogP contribution in [0.4, 0.5) is 0 Å². The molecule has 1 amide bonds. The summed E-state index contributed by atoms with van der Waals surface area (Å²) < 4.78 is 11.7. The minimum absolute atomic E-state index is 0.0341. The van der Waals surface area contributed by atoms with Gasteiger partial charge in [0, 0.05) is 24.1 Å². The predicted octanol–water partition coefficient (Wildman–Crippen LogP) is 2.66. The zero-order chi connectivity index (χ0) is 16.8. The summed E-state index contributed by atoms with van der Waals surface area (Å²) in [6, 6.07) is 6.06. The lowest BCUT2D eigenvalue weighted by atomic mass is 10.1. The van der Waals surface area contributed by atoms with Gasteiger partial charge in [-0.2, -0.15) is 0 Å². The van der Waals surface area contributed by atoms with Crippen molar-refractivity contribution in [3.63, 3.8) is 0 Å².